The van der Waals surface area contributed by atoms with Crippen molar-refractivity contribution in [1.29, 1.82) is 0 Å². The second-order valence-corrected chi connectivity index (χ2v) is 7.63. The topological polar surface area (TPSA) is 81.7 Å². The Bertz CT molecular complexity index is 1320. The Labute approximate surface area is 178 Å². The number of nitrogens with zero attached hydrogens (tertiary/aromatic N) is 5. The van der Waals surface area contributed by atoms with Gasteiger partial charge >= 0.3 is 0 Å². The third kappa shape index (κ3) is 3.34. The van der Waals surface area contributed by atoms with Crippen LogP contribution in [0.15, 0.2) is 53.3 Å². The predicted octanol–water partition coefficient (Wildman–Crippen LogP) is 2.88. The van der Waals surface area contributed by atoms with Crippen LogP contribution in [0.2, 0.25) is 0 Å². The summed E-state index contributed by atoms with van der Waals surface area (Å²) in [4.78, 5) is 27.1. The van der Waals surface area contributed by atoms with E-state index in [4.69, 9.17) is 4.74 Å². The molecule has 0 N–H and O–H groups in total. The Morgan fingerprint density at radius 3 is 2.52 bits per heavy atom. The lowest BCUT2D eigenvalue weighted by Crippen LogP contribution is -2.27. The Morgan fingerprint density at radius 2 is 1.77 bits per heavy atom. The SMILES string of the molecule is CCn1c(=O)c2ccccc2n2c(COc3ccc(C(=O)N4CCCC4)cc3)nnc12. The van der Waals surface area contributed by atoms with E-state index in [0.29, 0.717) is 34.8 Å². The molecular weight excluding hydrogens is 394 g/mol. The van der Waals surface area contributed by atoms with Gasteiger partial charge in [0.05, 0.1) is 10.9 Å². The van der Waals surface area contributed by atoms with Gasteiger partial charge in [-0.15, -0.1) is 10.2 Å². The molecule has 1 aliphatic rings. The number of fused-ring (bicyclic) bond motifs is 3. The molecule has 8 heteroatoms. The minimum atomic E-state index is -0.0799. The fraction of sp³-hybridized carbons (Fsp3) is 0.304. The van der Waals surface area contributed by atoms with Crippen LogP contribution in [0.3, 0.4) is 0 Å². The van der Waals surface area contributed by atoms with Crippen LogP contribution in [0.4, 0.5) is 0 Å². The Hall–Kier alpha value is -3.68. The number of carbonyl (C=O) groups excluding carboxylic acids is 1. The van der Waals surface area contributed by atoms with E-state index in [1.54, 1.807) is 28.8 Å². The predicted molar refractivity (Wildman–Crippen MR) is 116 cm³/mol. The molecule has 0 saturated carbocycles. The summed E-state index contributed by atoms with van der Waals surface area (Å²) >= 11 is 0. The van der Waals surface area contributed by atoms with Crippen LogP contribution in [0.1, 0.15) is 35.9 Å². The lowest BCUT2D eigenvalue weighted by atomic mass is 10.2. The summed E-state index contributed by atoms with van der Waals surface area (Å²) in [5.74, 6) is 1.81. The zero-order chi connectivity index (χ0) is 21.4. The van der Waals surface area contributed by atoms with Crippen LogP contribution in [0.25, 0.3) is 16.7 Å². The van der Waals surface area contributed by atoms with Crippen LogP contribution in [-0.2, 0) is 13.2 Å². The van der Waals surface area contributed by atoms with Crippen molar-refractivity contribution in [3.8, 4) is 5.75 Å². The van der Waals surface area contributed by atoms with Crippen LogP contribution in [0.5, 0.6) is 5.75 Å². The van der Waals surface area contributed by atoms with E-state index in [1.165, 1.54) is 0 Å². The largest absolute Gasteiger partial charge is 0.486 e. The molecule has 0 unspecified atom stereocenters. The van der Waals surface area contributed by atoms with Gasteiger partial charge in [0.1, 0.15) is 12.4 Å². The van der Waals surface area contributed by atoms with Crippen LogP contribution in [-0.4, -0.2) is 43.1 Å². The molecule has 5 rings (SSSR count). The summed E-state index contributed by atoms with van der Waals surface area (Å²) < 4.78 is 9.41. The summed E-state index contributed by atoms with van der Waals surface area (Å²) in [5.41, 5.74) is 1.34. The van der Waals surface area contributed by atoms with Gasteiger partial charge < -0.3 is 9.64 Å². The molecular formula is C23H23N5O3. The Kier molecular flexibility index (Phi) is 4.89. The number of para-hydroxylation sites is 1. The average molecular weight is 417 g/mol. The number of hydrogen-bond donors (Lipinski definition) is 0. The van der Waals surface area contributed by atoms with E-state index < -0.39 is 0 Å². The van der Waals surface area contributed by atoms with E-state index in [1.807, 2.05) is 40.5 Å². The van der Waals surface area contributed by atoms with Crippen molar-refractivity contribution in [2.24, 2.45) is 0 Å². The van der Waals surface area contributed by atoms with E-state index in [9.17, 15) is 9.59 Å². The fourth-order valence-corrected chi connectivity index (χ4v) is 4.14. The summed E-state index contributed by atoms with van der Waals surface area (Å²) in [6.07, 6.45) is 2.14. The van der Waals surface area contributed by atoms with Crippen LogP contribution >= 0.6 is 0 Å². The number of aryl methyl sites for hydroxylation is 1. The molecule has 2 aromatic carbocycles. The molecule has 8 nitrogen and oxygen atoms in total. The second kappa shape index (κ2) is 7.86. The van der Waals surface area contributed by atoms with Gasteiger partial charge in [0.25, 0.3) is 11.5 Å². The number of ether oxygens (including phenoxy) is 1. The molecule has 158 valence electrons. The van der Waals surface area contributed by atoms with E-state index in [0.717, 1.165) is 31.4 Å². The maximum Gasteiger partial charge on any atom is 0.262 e. The van der Waals surface area contributed by atoms with Crippen molar-refractivity contribution >= 4 is 22.6 Å². The monoisotopic (exact) mass is 417 g/mol. The highest BCUT2D eigenvalue weighted by Gasteiger charge is 2.19. The molecule has 0 spiro atoms. The fourth-order valence-electron chi connectivity index (χ4n) is 4.14. The Morgan fingerprint density at radius 1 is 1.03 bits per heavy atom. The molecule has 2 aromatic heterocycles. The first-order chi connectivity index (χ1) is 15.2. The third-order valence-corrected chi connectivity index (χ3v) is 5.75. The van der Waals surface area contributed by atoms with Crippen molar-refractivity contribution < 1.29 is 9.53 Å². The van der Waals surface area contributed by atoms with Crippen LogP contribution < -0.4 is 10.3 Å². The van der Waals surface area contributed by atoms with E-state index in [2.05, 4.69) is 10.2 Å². The van der Waals surface area contributed by atoms with Crippen molar-refractivity contribution in [2.75, 3.05) is 13.1 Å². The van der Waals surface area contributed by atoms with Gasteiger partial charge in [-0.25, -0.2) is 0 Å². The molecule has 0 bridgehead atoms. The lowest BCUT2D eigenvalue weighted by Gasteiger charge is -2.15. The molecule has 0 aliphatic carbocycles. The molecule has 1 amide bonds. The molecule has 1 fully saturated rings. The number of carbonyl (C=O) groups is 1. The highest BCUT2D eigenvalue weighted by atomic mass is 16.5. The molecule has 1 aliphatic heterocycles. The van der Waals surface area contributed by atoms with Gasteiger partial charge in [-0.2, -0.15) is 0 Å². The highest BCUT2D eigenvalue weighted by molar-refractivity contribution is 5.94. The lowest BCUT2D eigenvalue weighted by molar-refractivity contribution is 0.0793. The summed E-state index contributed by atoms with van der Waals surface area (Å²) in [6, 6.07) is 14.6. The Balaban J connectivity index is 1.42. The molecule has 0 radical (unpaired) electrons. The van der Waals surface area contributed by atoms with Gasteiger partial charge in [-0.3, -0.25) is 18.6 Å². The second-order valence-electron chi connectivity index (χ2n) is 7.63. The average Bonchev–Trinajstić information content (AvgIpc) is 3.49. The van der Waals surface area contributed by atoms with E-state index in [-0.39, 0.29) is 18.1 Å². The highest BCUT2D eigenvalue weighted by Crippen LogP contribution is 2.19. The summed E-state index contributed by atoms with van der Waals surface area (Å²) in [7, 11) is 0. The normalized spacial score (nSPS) is 13.9. The van der Waals surface area contributed by atoms with Crippen molar-refractivity contribution in [1.82, 2.24) is 24.1 Å². The first-order valence-corrected chi connectivity index (χ1v) is 10.5. The van der Waals surface area contributed by atoms with Gasteiger partial charge in [-0.05, 0) is 56.2 Å². The minimum absolute atomic E-state index is 0.0662. The summed E-state index contributed by atoms with van der Waals surface area (Å²) in [5, 5.41) is 9.13. The number of likely N-dealkylation sites (tertiary alicyclic amines) is 1. The van der Waals surface area contributed by atoms with Crippen molar-refractivity contribution in [2.45, 2.75) is 32.9 Å². The molecule has 1 saturated heterocycles. The maximum absolute atomic E-state index is 12.8. The molecule has 4 aromatic rings. The van der Waals surface area contributed by atoms with Gasteiger partial charge in [0, 0.05) is 25.2 Å². The zero-order valence-electron chi connectivity index (χ0n) is 17.3. The number of aromatic nitrogens is 4. The smallest absolute Gasteiger partial charge is 0.262 e. The van der Waals surface area contributed by atoms with Gasteiger partial charge in [0.2, 0.25) is 5.78 Å². The van der Waals surface area contributed by atoms with Crippen molar-refractivity contribution in [3.05, 3.63) is 70.3 Å². The van der Waals surface area contributed by atoms with Crippen LogP contribution in [0, 0.1) is 0 Å². The number of amides is 1. The minimum Gasteiger partial charge on any atom is -0.486 e. The summed E-state index contributed by atoms with van der Waals surface area (Å²) in [6.45, 7) is 4.25. The zero-order valence-corrected chi connectivity index (χ0v) is 17.3. The van der Waals surface area contributed by atoms with Gasteiger partial charge in [0.15, 0.2) is 5.82 Å². The van der Waals surface area contributed by atoms with Gasteiger partial charge in [-0.1, -0.05) is 12.1 Å². The first-order valence-electron chi connectivity index (χ1n) is 10.5. The maximum atomic E-state index is 12.8. The number of benzene rings is 2. The van der Waals surface area contributed by atoms with Crippen molar-refractivity contribution in [3.63, 3.8) is 0 Å². The molecule has 3 heterocycles. The molecule has 0 atom stereocenters. The standard InChI is InChI=1S/C23H23N5O3/c1-2-27-22(30)18-7-3-4-8-19(18)28-20(24-25-23(27)28)15-31-17-11-9-16(10-12-17)21(29)26-13-5-6-14-26/h3-4,7-12H,2,5-6,13-15H2,1H3. The first kappa shape index (κ1) is 19.3. The number of hydrogen-bond acceptors (Lipinski definition) is 5. The van der Waals surface area contributed by atoms with E-state index >= 15 is 0 Å². The number of rotatable bonds is 5. The molecule has 31 heavy (non-hydrogen) atoms. The third-order valence-electron chi connectivity index (χ3n) is 5.75. The quantitative estimate of drug-likeness (QED) is 0.499.